The van der Waals surface area contributed by atoms with Crippen LogP contribution in [0.5, 0.6) is 0 Å². The monoisotopic (exact) mass is 397 g/mol. The summed E-state index contributed by atoms with van der Waals surface area (Å²) in [5.74, 6) is -1.31. The van der Waals surface area contributed by atoms with Crippen LogP contribution in [-0.2, 0) is 27.4 Å². The lowest BCUT2D eigenvalue weighted by Crippen LogP contribution is -2.55. The van der Waals surface area contributed by atoms with Gasteiger partial charge in [-0.2, -0.15) is 0 Å². The van der Waals surface area contributed by atoms with E-state index in [-0.39, 0.29) is 18.9 Å². The van der Waals surface area contributed by atoms with Gasteiger partial charge in [0.25, 0.3) is 0 Å². The molecule has 0 heterocycles. The summed E-state index contributed by atoms with van der Waals surface area (Å²) in [4.78, 5) is 36.7. The van der Waals surface area contributed by atoms with E-state index in [1.807, 2.05) is 60.7 Å². The third-order valence-corrected chi connectivity index (χ3v) is 4.37. The Labute approximate surface area is 170 Å². The van der Waals surface area contributed by atoms with Gasteiger partial charge in [0.05, 0.1) is 0 Å². The highest BCUT2D eigenvalue weighted by atomic mass is 16.5. The number of benzene rings is 2. The molecule has 0 bridgehead atoms. The molecule has 0 fully saturated rings. The summed E-state index contributed by atoms with van der Waals surface area (Å²) < 4.78 is 5.22. The van der Waals surface area contributed by atoms with Gasteiger partial charge in [-0.3, -0.25) is 9.59 Å². The molecular formula is C22H27N3O4. The normalized spacial score (nSPS) is 12.7. The highest BCUT2D eigenvalue weighted by Gasteiger charge is 2.28. The second-order valence-electron chi connectivity index (χ2n) is 7.08. The smallest absolute Gasteiger partial charge is 0.408 e. The van der Waals surface area contributed by atoms with Crippen molar-refractivity contribution in [1.29, 1.82) is 0 Å². The number of carbonyl (C=O) groups excluding carboxylic acids is 3. The molecule has 0 aliphatic heterocycles. The number of alkyl carbamates (subject to hydrolysis) is 1. The molecule has 0 aromatic heterocycles. The van der Waals surface area contributed by atoms with Crippen LogP contribution in [0.25, 0.3) is 0 Å². The average molecular weight is 397 g/mol. The maximum atomic E-state index is 12.8. The largest absolute Gasteiger partial charge is 0.445 e. The number of amides is 3. The number of rotatable bonds is 9. The highest BCUT2D eigenvalue weighted by Crippen LogP contribution is 2.07. The van der Waals surface area contributed by atoms with Gasteiger partial charge in [0.1, 0.15) is 18.7 Å². The van der Waals surface area contributed by atoms with E-state index in [4.69, 9.17) is 10.5 Å². The number of primary amides is 1. The number of ether oxygens (including phenoxy) is 1. The summed E-state index contributed by atoms with van der Waals surface area (Å²) in [7, 11) is 0. The van der Waals surface area contributed by atoms with Crippen LogP contribution in [0.15, 0.2) is 60.7 Å². The van der Waals surface area contributed by atoms with Crippen LogP contribution in [0, 0.1) is 5.92 Å². The zero-order chi connectivity index (χ0) is 21.2. The van der Waals surface area contributed by atoms with E-state index >= 15 is 0 Å². The first kappa shape index (κ1) is 21.9. The minimum atomic E-state index is -0.915. The molecule has 0 saturated carbocycles. The number of hydrogen-bond acceptors (Lipinski definition) is 4. The second kappa shape index (κ2) is 10.8. The van der Waals surface area contributed by atoms with Crippen molar-refractivity contribution in [2.24, 2.45) is 11.7 Å². The second-order valence-corrected chi connectivity index (χ2v) is 7.08. The number of nitrogens with two attached hydrogens (primary N) is 1. The lowest BCUT2D eigenvalue weighted by Gasteiger charge is -2.23. The number of carbonyl (C=O) groups is 3. The van der Waals surface area contributed by atoms with Crippen molar-refractivity contribution < 1.29 is 19.1 Å². The van der Waals surface area contributed by atoms with Gasteiger partial charge in [-0.25, -0.2) is 4.79 Å². The topological polar surface area (TPSA) is 111 Å². The van der Waals surface area contributed by atoms with Crippen LogP contribution in [-0.4, -0.2) is 30.0 Å². The first-order chi connectivity index (χ1) is 13.9. The minimum absolute atomic E-state index is 0.0856. The van der Waals surface area contributed by atoms with Gasteiger partial charge in [-0.1, -0.05) is 74.5 Å². The fourth-order valence-electron chi connectivity index (χ4n) is 2.79. The van der Waals surface area contributed by atoms with Crippen LogP contribution in [0.3, 0.4) is 0 Å². The van der Waals surface area contributed by atoms with Crippen LogP contribution >= 0.6 is 0 Å². The Morgan fingerprint density at radius 2 is 1.45 bits per heavy atom. The predicted octanol–water partition coefficient (Wildman–Crippen LogP) is 2.15. The summed E-state index contributed by atoms with van der Waals surface area (Å²) in [5, 5.41) is 5.23. The Kier molecular flexibility index (Phi) is 8.21. The Balaban J connectivity index is 2.06. The molecular weight excluding hydrogens is 370 g/mol. The summed E-state index contributed by atoms with van der Waals surface area (Å²) in [6, 6.07) is 16.7. The molecule has 29 heavy (non-hydrogen) atoms. The molecule has 0 aliphatic carbocycles. The molecule has 2 rings (SSSR count). The maximum absolute atomic E-state index is 12.8. The van der Waals surface area contributed by atoms with Gasteiger partial charge in [0.2, 0.25) is 11.8 Å². The molecule has 2 aromatic rings. The van der Waals surface area contributed by atoms with Crippen molar-refractivity contribution in [3.63, 3.8) is 0 Å². The van der Waals surface area contributed by atoms with Crippen LogP contribution in [0.1, 0.15) is 25.0 Å². The van der Waals surface area contributed by atoms with E-state index in [1.165, 1.54) is 0 Å². The van der Waals surface area contributed by atoms with E-state index in [2.05, 4.69) is 10.6 Å². The van der Waals surface area contributed by atoms with Crippen molar-refractivity contribution >= 4 is 17.9 Å². The molecule has 0 radical (unpaired) electrons. The Morgan fingerprint density at radius 3 is 1.97 bits per heavy atom. The number of nitrogens with one attached hydrogen (secondary N) is 2. The summed E-state index contributed by atoms with van der Waals surface area (Å²) in [6.07, 6.45) is -0.471. The summed E-state index contributed by atoms with van der Waals surface area (Å²) in [6.45, 7) is 3.65. The molecule has 0 aliphatic rings. The zero-order valence-corrected chi connectivity index (χ0v) is 16.6. The van der Waals surface area contributed by atoms with Crippen LogP contribution in [0.2, 0.25) is 0 Å². The van der Waals surface area contributed by atoms with Gasteiger partial charge < -0.3 is 21.1 Å². The number of hydrogen-bond donors (Lipinski definition) is 3. The molecule has 2 atom stereocenters. The summed E-state index contributed by atoms with van der Waals surface area (Å²) in [5.41, 5.74) is 7.08. The Morgan fingerprint density at radius 1 is 0.897 bits per heavy atom. The Hall–Kier alpha value is -3.35. The minimum Gasteiger partial charge on any atom is -0.445 e. The highest BCUT2D eigenvalue weighted by molar-refractivity contribution is 5.91. The lowest BCUT2D eigenvalue weighted by molar-refractivity contribution is -0.129. The molecule has 0 saturated heterocycles. The first-order valence-electron chi connectivity index (χ1n) is 9.47. The van der Waals surface area contributed by atoms with E-state index in [9.17, 15) is 14.4 Å². The molecule has 0 spiro atoms. The fourth-order valence-corrected chi connectivity index (χ4v) is 2.79. The van der Waals surface area contributed by atoms with Crippen LogP contribution < -0.4 is 16.4 Å². The van der Waals surface area contributed by atoms with E-state index in [1.54, 1.807) is 13.8 Å². The molecule has 0 unspecified atom stereocenters. The van der Waals surface area contributed by atoms with Crippen LogP contribution in [0.4, 0.5) is 4.79 Å². The summed E-state index contributed by atoms with van der Waals surface area (Å²) >= 11 is 0. The van der Waals surface area contributed by atoms with E-state index in [0.717, 1.165) is 11.1 Å². The van der Waals surface area contributed by atoms with Crippen molar-refractivity contribution in [2.45, 2.75) is 39.0 Å². The standard InChI is InChI=1S/C22H27N3O4/c1-15(2)19(20(23)26)25-21(27)18(13-16-9-5-3-6-10-16)24-22(28)29-14-17-11-7-4-8-12-17/h3-12,15,18-19H,13-14H2,1-2H3,(H2,23,26)(H,24,28)(H,25,27)/t18-,19+/m1/s1. The van der Waals surface area contributed by atoms with Crippen molar-refractivity contribution in [3.8, 4) is 0 Å². The first-order valence-corrected chi connectivity index (χ1v) is 9.47. The molecule has 7 nitrogen and oxygen atoms in total. The quantitative estimate of drug-likeness (QED) is 0.602. The Bertz CT molecular complexity index is 809. The van der Waals surface area contributed by atoms with Gasteiger partial charge in [0, 0.05) is 6.42 Å². The van der Waals surface area contributed by atoms with Gasteiger partial charge in [-0.05, 0) is 17.0 Å². The molecule has 2 aromatic carbocycles. The zero-order valence-electron chi connectivity index (χ0n) is 16.6. The van der Waals surface area contributed by atoms with Gasteiger partial charge in [0.15, 0.2) is 0 Å². The van der Waals surface area contributed by atoms with Crippen molar-refractivity contribution in [2.75, 3.05) is 0 Å². The van der Waals surface area contributed by atoms with E-state index in [0.29, 0.717) is 0 Å². The maximum Gasteiger partial charge on any atom is 0.408 e. The fraction of sp³-hybridized carbons (Fsp3) is 0.318. The van der Waals surface area contributed by atoms with Gasteiger partial charge in [-0.15, -0.1) is 0 Å². The van der Waals surface area contributed by atoms with E-state index < -0.39 is 30.0 Å². The molecule has 4 N–H and O–H groups in total. The predicted molar refractivity (Wildman–Crippen MR) is 110 cm³/mol. The van der Waals surface area contributed by atoms with Crippen molar-refractivity contribution in [1.82, 2.24) is 10.6 Å². The third kappa shape index (κ3) is 7.29. The third-order valence-electron chi connectivity index (χ3n) is 4.37. The lowest BCUT2D eigenvalue weighted by atomic mass is 10.0. The molecule has 7 heteroatoms. The SMILES string of the molecule is CC(C)[C@H](NC(=O)[C@@H](Cc1ccccc1)NC(=O)OCc1ccccc1)C(N)=O. The van der Waals surface area contributed by atoms with Crippen molar-refractivity contribution in [3.05, 3.63) is 71.8 Å². The molecule has 3 amide bonds. The average Bonchev–Trinajstić information content (AvgIpc) is 2.71. The molecule has 154 valence electrons. The van der Waals surface area contributed by atoms with Gasteiger partial charge >= 0.3 is 6.09 Å².